The molecule has 3 rings (SSSR count). The number of ether oxygens (including phenoxy) is 1. The van der Waals surface area contributed by atoms with Gasteiger partial charge in [-0.25, -0.2) is 8.78 Å². The Morgan fingerprint density at radius 3 is 2.73 bits per heavy atom. The summed E-state index contributed by atoms with van der Waals surface area (Å²) >= 11 is 0. The number of halogens is 2. The molecule has 2 aromatic rings. The first kappa shape index (κ1) is 18.3. The summed E-state index contributed by atoms with van der Waals surface area (Å²) in [4.78, 5) is 14.6. The molecule has 1 atom stereocenters. The molecule has 6 heteroatoms. The van der Waals surface area contributed by atoms with E-state index in [0.717, 1.165) is 31.4 Å². The molecule has 0 saturated carbocycles. The normalized spacial score (nSPS) is 17.7. The lowest BCUT2D eigenvalue weighted by atomic mass is 10.0. The van der Waals surface area contributed by atoms with E-state index in [0.29, 0.717) is 24.2 Å². The fourth-order valence-corrected chi connectivity index (χ4v) is 3.23. The van der Waals surface area contributed by atoms with Crippen molar-refractivity contribution in [2.45, 2.75) is 25.3 Å². The van der Waals surface area contributed by atoms with E-state index in [1.165, 1.54) is 7.11 Å². The van der Waals surface area contributed by atoms with Gasteiger partial charge in [0.05, 0.1) is 7.11 Å². The van der Waals surface area contributed by atoms with Crippen molar-refractivity contribution < 1.29 is 18.3 Å². The first-order valence-corrected chi connectivity index (χ1v) is 8.68. The van der Waals surface area contributed by atoms with Crippen molar-refractivity contribution in [3.05, 3.63) is 53.6 Å². The molecule has 1 fully saturated rings. The van der Waals surface area contributed by atoms with Crippen LogP contribution in [0.15, 0.2) is 36.4 Å². The van der Waals surface area contributed by atoms with Crippen LogP contribution in [0.2, 0.25) is 0 Å². The molecular weight excluding hydrogens is 338 g/mol. The average Bonchev–Trinajstić information content (AvgIpc) is 2.87. The van der Waals surface area contributed by atoms with Gasteiger partial charge in [-0.1, -0.05) is 12.1 Å². The van der Waals surface area contributed by atoms with E-state index in [4.69, 9.17) is 10.5 Å². The Hall–Kier alpha value is -2.47. The van der Waals surface area contributed by atoms with Crippen molar-refractivity contribution >= 4 is 5.91 Å². The Labute approximate surface area is 151 Å². The summed E-state index contributed by atoms with van der Waals surface area (Å²) in [5.74, 6) is -1.52. The van der Waals surface area contributed by atoms with E-state index in [2.05, 4.69) is 0 Å². The van der Waals surface area contributed by atoms with Crippen LogP contribution in [0.5, 0.6) is 5.75 Å². The molecule has 1 saturated heterocycles. The number of benzene rings is 2. The van der Waals surface area contributed by atoms with Crippen molar-refractivity contribution in [3.63, 3.8) is 0 Å². The highest BCUT2D eigenvalue weighted by Gasteiger charge is 2.21. The van der Waals surface area contributed by atoms with Gasteiger partial charge in [0.25, 0.3) is 5.91 Å². The van der Waals surface area contributed by atoms with E-state index in [1.54, 1.807) is 29.2 Å². The molecule has 1 heterocycles. The fourth-order valence-electron chi connectivity index (χ4n) is 3.23. The molecule has 0 aliphatic carbocycles. The molecule has 1 unspecified atom stereocenters. The van der Waals surface area contributed by atoms with E-state index in [-0.39, 0.29) is 23.3 Å². The zero-order valence-electron chi connectivity index (χ0n) is 14.7. The first-order valence-electron chi connectivity index (χ1n) is 8.68. The highest BCUT2D eigenvalue weighted by molar-refractivity contribution is 5.95. The van der Waals surface area contributed by atoms with Gasteiger partial charge in [-0.15, -0.1) is 0 Å². The summed E-state index contributed by atoms with van der Waals surface area (Å²) in [7, 11) is 1.28. The second kappa shape index (κ2) is 7.83. The smallest absolute Gasteiger partial charge is 0.253 e. The minimum Gasteiger partial charge on any atom is -0.494 e. The highest BCUT2D eigenvalue weighted by atomic mass is 19.1. The van der Waals surface area contributed by atoms with Crippen molar-refractivity contribution in [1.82, 2.24) is 4.90 Å². The number of carbonyl (C=O) groups is 1. The number of carbonyl (C=O) groups excluding carboxylic acids is 1. The van der Waals surface area contributed by atoms with Gasteiger partial charge in [-0.3, -0.25) is 4.79 Å². The van der Waals surface area contributed by atoms with Crippen molar-refractivity contribution in [3.8, 4) is 16.9 Å². The number of hydrogen-bond donors (Lipinski definition) is 1. The van der Waals surface area contributed by atoms with E-state index >= 15 is 0 Å². The van der Waals surface area contributed by atoms with Crippen LogP contribution >= 0.6 is 0 Å². The van der Waals surface area contributed by atoms with E-state index in [1.807, 2.05) is 0 Å². The molecule has 0 aromatic heterocycles. The molecule has 4 nitrogen and oxygen atoms in total. The maximum atomic E-state index is 14.3. The standard InChI is InChI=1S/C20H22F2N2O2/c1-26-19-12-17(21)16(11-18(19)22)13-4-2-5-14(10-13)20(25)24-8-3-6-15(23)7-9-24/h2,4-5,10-12,15H,3,6-9,23H2,1H3. The summed E-state index contributed by atoms with van der Waals surface area (Å²) in [6, 6.07) is 8.83. The molecule has 2 N–H and O–H groups in total. The number of likely N-dealkylation sites (tertiary alicyclic amines) is 1. The Bertz CT molecular complexity index is 810. The molecule has 2 aromatic carbocycles. The van der Waals surface area contributed by atoms with Gasteiger partial charge in [-0.2, -0.15) is 0 Å². The summed E-state index contributed by atoms with van der Waals surface area (Å²) in [5, 5.41) is 0. The third-order valence-electron chi connectivity index (χ3n) is 4.72. The Balaban J connectivity index is 1.89. The molecule has 26 heavy (non-hydrogen) atoms. The quantitative estimate of drug-likeness (QED) is 0.910. The topological polar surface area (TPSA) is 55.6 Å². The summed E-state index contributed by atoms with van der Waals surface area (Å²) in [6.07, 6.45) is 2.54. The number of amides is 1. The maximum Gasteiger partial charge on any atom is 0.253 e. The predicted molar refractivity (Wildman–Crippen MR) is 96.1 cm³/mol. The number of rotatable bonds is 3. The van der Waals surface area contributed by atoms with Crippen LogP contribution in [-0.2, 0) is 0 Å². The van der Waals surface area contributed by atoms with Crippen LogP contribution in [0.4, 0.5) is 8.78 Å². The zero-order chi connectivity index (χ0) is 18.7. The van der Waals surface area contributed by atoms with Crippen molar-refractivity contribution in [2.75, 3.05) is 20.2 Å². The van der Waals surface area contributed by atoms with Crippen LogP contribution in [0.25, 0.3) is 11.1 Å². The molecule has 138 valence electrons. The lowest BCUT2D eigenvalue weighted by Gasteiger charge is -2.21. The summed E-state index contributed by atoms with van der Waals surface area (Å²) < 4.78 is 33.1. The largest absolute Gasteiger partial charge is 0.494 e. The minimum atomic E-state index is -0.651. The molecule has 1 amide bonds. The maximum absolute atomic E-state index is 14.3. The predicted octanol–water partition coefficient (Wildman–Crippen LogP) is 3.59. The third-order valence-corrected chi connectivity index (χ3v) is 4.72. The van der Waals surface area contributed by atoms with Crippen molar-refractivity contribution in [1.29, 1.82) is 0 Å². The second-order valence-electron chi connectivity index (χ2n) is 6.53. The second-order valence-corrected chi connectivity index (χ2v) is 6.53. The third kappa shape index (κ3) is 3.85. The number of nitrogens with zero attached hydrogens (tertiary/aromatic N) is 1. The molecule has 1 aliphatic rings. The number of methoxy groups -OCH3 is 1. The molecule has 0 radical (unpaired) electrons. The molecule has 0 spiro atoms. The van der Waals surface area contributed by atoms with E-state index < -0.39 is 11.6 Å². The van der Waals surface area contributed by atoms with Crippen LogP contribution in [0.1, 0.15) is 29.6 Å². The van der Waals surface area contributed by atoms with Gasteiger partial charge in [0.2, 0.25) is 0 Å². The molecular formula is C20H22F2N2O2. The Kier molecular flexibility index (Phi) is 5.52. The lowest BCUT2D eigenvalue weighted by Crippen LogP contribution is -2.32. The summed E-state index contributed by atoms with van der Waals surface area (Å²) in [5.41, 5.74) is 6.96. The zero-order valence-corrected chi connectivity index (χ0v) is 14.7. The minimum absolute atomic E-state index is 0.0934. The van der Waals surface area contributed by atoms with Gasteiger partial charge in [0.1, 0.15) is 5.82 Å². The van der Waals surface area contributed by atoms with Gasteiger partial charge in [-0.05, 0) is 43.0 Å². The van der Waals surface area contributed by atoms with E-state index in [9.17, 15) is 13.6 Å². The van der Waals surface area contributed by atoms with Crippen LogP contribution in [0.3, 0.4) is 0 Å². The van der Waals surface area contributed by atoms with Gasteiger partial charge in [0.15, 0.2) is 11.6 Å². The van der Waals surface area contributed by atoms with Gasteiger partial charge in [0, 0.05) is 36.3 Å². The number of nitrogens with two attached hydrogens (primary N) is 1. The monoisotopic (exact) mass is 360 g/mol. The Morgan fingerprint density at radius 2 is 1.96 bits per heavy atom. The van der Waals surface area contributed by atoms with Crippen LogP contribution in [-0.4, -0.2) is 37.0 Å². The van der Waals surface area contributed by atoms with Gasteiger partial charge >= 0.3 is 0 Å². The average molecular weight is 360 g/mol. The first-order chi connectivity index (χ1) is 12.5. The summed E-state index contributed by atoms with van der Waals surface area (Å²) in [6.45, 7) is 1.26. The fraction of sp³-hybridized carbons (Fsp3) is 0.350. The molecule has 1 aliphatic heterocycles. The lowest BCUT2D eigenvalue weighted by molar-refractivity contribution is 0.0761. The SMILES string of the molecule is COc1cc(F)c(-c2cccc(C(=O)N3CCCC(N)CC3)c2)cc1F. The number of hydrogen-bond acceptors (Lipinski definition) is 3. The van der Waals surface area contributed by atoms with Crippen LogP contribution in [0, 0.1) is 11.6 Å². The highest BCUT2D eigenvalue weighted by Crippen LogP contribution is 2.29. The van der Waals surface area contributed by atoms with Gasteiger partial charge < -0.3 is 15.4 Å². The van der Waals surface area contributed by atoms with Crippen molar-refractivity contribution in [2.24, 2.45) is 5.73 Å². The molecule has 0 bridgehead atoms. The Morgan fingerprint density at radius 1 is 1.15 bits per heavy atom. The van der Waals surface area contributed by atoms with Crippen LogP contribution < -0.4 is 10.5 Å².